The quantitative estimate of drug-likeness (QED) is 0.430. The van der Waals surface area contributed by atoms with Gasteiger partial charge in [0.15, 0.2) is 35.6 Å². The van der Waals surface area contributed by atoms with Crippen LogP contribution in [0.2, 0.25) is 0 Å². The molecule has 13 heteroatoms. The summed E-state index contributed by atoms with van der Waals surface area (Å²) < 4.78 is 51.5. The lowest BCUT2D eigenvalue weighted by atomic mass is 9.66. The minimum atomic E-state index is -1.44. The van der Waals surface area contributed by atoms with Crippen molar-refractivity contribution in [1.82, 2.24) is 0 Å². The minimum absolute atomic E-state index is 0.0301. The molecule has 3 N–H and O–H groups in total. The SMILES string of the molecule is COc1cc([C@H]2c3cc4c(cc3C(O[C@H]3OC5CO[C@H](C)O[C@@H]5[C@@H](O)[C@@H]3O)C3COC(=O)[C@H]32)OCO4)cc(OC)c1O. The standard InChI is InChI=1S/C29H32O13/c1-11-36-9-20-27(40-11)24(31)25(32)29(41-20)42-26-14-7-17-16(38-10-39-17)6-13(14)21(22-15(26)8-37-28(22)33)12-4-18(34-2)23(30)19(5-12)35-3/h4-7,11,15,20-22,24-27,29-32H,8-10H2,1-3H3/t11-,15?,20?,21-,22+,24-,25-,26?,27-,29+/m0/s1. The molecule has 42 heavy (non-hydrogen) atoms. The second-order valence-electron chi connectivity index (χ2n) is 11.0. The molecule has 0 bridgehead atoms. The number of hydrogen-bond acceptors (Lipinski definition) is 13. The van der Waals surface area contributed by atoms with Crippen LogP contribution in [0.25, 0.3) is 0 Å². The number of ether oxygens (including phenoxy) is 9. The van der Waals surface area contributed by atoms with Gasteiger partial charge < -0.3 is 58.0 Å². The summed E-state index contributed by atoms with van der Waals surface area (Å²) in [6.45, 7) is 1.93. The van der Waals surface area contributed by atoms with Crippen LogP contribution in [0.5, 0.6) is 28.7 Å². The number of phenolic OH excluding ortho intramolecular Hbond substituents is 1. The maximum Gasteiger partial charge on any atom is 0.310 e. The highest BCUT2D eigenvalue weighted by Crippen LogP contribution is 2.57. The summed E-state index contributed by atoms with van der Waals surface area (Å²) in [4.78, 5) is 13.4. The average Bonchev–Trinajstić information content (AvgIpc) is 3.61. The Morgan fingerprint density at radius 1 is 0.881 bits per heavy atom. The number of fused-ring (bicyclic) bond motifs is 4. The Hall–Kier alpha value is -3.33. The number of methoxy groups -OCH3 is 2. The van der Waals surface area contributed by atoms with E-state index in [1.165, 1.54) is 14.2 Å². The Balaban J connectivity index is 1.32. The maximum absolute atomic E-state index is 13.4. The zero-order valence-corrected chi connectivity index (χ0v) is 23.1. The molecular weight excluding hydrogens is 556 g/mol. The topological polar surface area (TPSA) is 161 Å². The van der Waals surface area contributed by atoms with Gasteiger partial charge >= 0.3 is 5.97 Å². The van der Waals surface area contributed by atoms with Gasteiger partial charge in [0.05, 0.1) is 39.5 Å². The van der Waals surface area contributed by atoms with Gasteiger partial charge in [0.25, 0.3) is 0 Å². The molecule has 4 heterocycles. The molecule has 4 aliphatic heterocycles. The van der Waals surface area contributed by atoms with Gasteiger partial charge in [-0.2, -0.15) is 0 Å². The summed E-state index contributed by atoms with van der Waals surface area (Å²) in [6, 6.07) is 6.93. The molecule has 2 aromatic carbocycles. The van der Waals surface area contributed by atoms with Crippen LogP contribution in [0.15, 0.2) is 24.3 Å². The highest BCUT2D eigenvalue weighted by Gasteiger charge is 2.56. The third-order valence-corrected chi connectivity index (χ3v) is 8.75. The molecule has 10 atom stereocenters. The van der Waals surface area contributed by atoms with Crippen molar-refractivity contribution in [2.75, 3.05) is 34.2 Å². The van der Waals surface area contributed by atoms with Crippen molar-refractivity contribution in [1.29, 1.82) is 0 Å². The van der Waals surface area contributed by atoms with Gasteiger partial charge in [0.2, 0.25) is 12.5 Å². The Morgan fingerprint density at radius 2 is 1.57 bits per heavy atom. The van der Waals surface area contributed by atoms with E-state index >= 15 is 0 Å². The molecular formula is C29H32O13. The van der Waals surface area contributed by atoms with Crippen LogP contribution < -0.4 is 18.9 Å². The van der Waals surface area contributed by atoms with Crippen molar-refractivity contribution in [3.05, 3.63) is 41.0 Å². The summed E-state index contributed by atoms with van der Waals surface area (Å²) in [6.07, 6.45) is -6.80. The van der Waals surface area contributed by atoms with Crippen molar-refractivity contribution in [2.45, 2.75) is 55.9 Å². The van der Waals surface area contributed by atoms with E-state index in [-0.39, 0.29) is 37.3 Å². The Kier molecular flexibility index (Phi) is 6.83. The Labute approximate surface area is 240 Å². The zero-order valence-electron chi connectivity index (χ0n) is 23.1. The number of carbonyl (C=O) groups is 1. The third kappa shape index (κ3) is 4.26. The largest absolute Gasteiger partial charge is 0.502 e. The monoisotopic (exact) mass is 588 g/mol. The average molecular weight is 589 g/mol. The van der Waals surface area contributed by atoms with E-state index in [0.29, 0.717) is 28.2 Å². The number of cyclic esters (lactones) is 1. The van der Waals surface area contributed by atoms with Crippen LogP contribution >= 0.6 is 0 Å². The summed E-state index contributed by atoms with van der Waals surface area (Å²) in [5, 5.41) is 32.5. The predicted molar refractivity (Wildman–Crippen MR) is 138 cm³/mol. The number of carbonyl (C=O) groups excluding carboxylic acids is 1. The summed E-state index contributed by atoms with van der Waals surface area (Å²) in [5.74, 6) is -1.02. The zero-order chi connectivity index (χ0) is 29.3. The van der Waals surface area contributed by atoms with Gasteiger partial charge in [0.1, 0.15) is 24.4 Å². The molecule has 5 aliphatic rings. The van der Waals surface area contributed by atoms with Crippen LogP contribution in [0, 0.1) is 11.8 Å². The van der Waals surface area contributed by atoms with Crippen molar-refractivity contribution in [3.63, 3.8) is 0 Å². The number of rotatable bonds is 5. The fourth-order valence-corrected chi connectivity index (χ4v) is 6.74. The van der Waals surface area contributed by atoms with E-state index in [4.69, 9.17) is 42.6 Å². The highest BCUT2D eigenvalue weighted by atomic mass is 16.8. The lowest BCUT2D eigenvalue weighted by Gasteiger charge is -2.47. The molecule has 2 aromatic rings. The number of aliphatic hydroxyl groups excluding tert-OH is 2. The van der Waals surface area contributed by atoms with Crippen LogP contribution in [0.1, 0.15) is 35.6 Å². The number of benzene rings is 2. The normalized spacial score (nSPS) is 36.5. The minimum Gasteiger partial charge on any atom is -0.502 e. The van der Waals surface area contributed by atoms with Gasteiger partial charge in [-0.25, -0.2) is 0 Å². The first kappa shape index (κ1) is 27.5. The molecule has 1 aliphatic carbocycles. The van der Waals surface area contributed by atoms with Crippen LogP contribution in [0.3, 0.4) is 0 Å². The number of phenols is 1. The van der Waals surface area contributed by atoms with Gasteiger partial charge in [-0.15, -0.1) is 0 Å². The van der Waals surface area contributed by atoms with E-state index in [2.05, 4.69) is 0 Å². The molecule has 0 amide bonds. The van der Waals surface area contributed by atoms with Crippen LogP contribution in [-0.4, -0.2) is 92.5 Å². The highest BCUT2D eigenvalue weighted by molar-refractivity contribution is 5.79. The van der Waals surface area contributed by atoms with Gasteiger partial charge in [-0.05, 0) is 47.9 Å². The molecule has 3 saturated heterocycles. The lowest BCUT2D eigenvalue weighted by Crippen LogP contribution is -2.63. The third-order valence-electron chi connectivity index (χ3n) is 8.75. The number of esters is 1. The van der Waals surface area contributed by atoms with Crippen molar-refractivity contribution in [3.8, 4) is 28.7 Å². The molecule has 0 radical (unpaired) electrons. The molecule has 13 nitrogen and oxygen atoms in total. The fourth-order valence-electron chi connectivity index (χ4n) is 6.74. The Morgan fingerprint density at radius 3 is 2.26 bits per heavy atom. The van der Waals surface area contributed by atoms with E-state index in [0.717, 1.165) is 0 Å². The molecule has 0 saturated carbocycles. The second-order valence-corrected chi connectivity index (χ2v) is 11.0. The molecule has 7 rings (SSSR count). The van der Waals surface area contributed by atoms with Crippen molar-refractivity contribution in [2.24, 2.45) is 11.8 Å². The van der Waals surface area contributed by atoms with E-state index in [1.54, 1.807) is 31.2 Å². The van der Waals surface area contributed by atoms with Crippen molar-refractivity contribution < 1.29 is 62.7 Å². The molecule has 0 aromatic heterocycles. The van der Waals surface area contributed by atoms with Crippen molar-refractivity contribution >= 4 is 5.97 Å². The number of aromatic hydroxyl groups is 1. The van der Waals surface area contributed by atoms with E-state index in [9.17, 15) is 20.1 Å². The van der Waals surface area contributed by atoms with Crippen LogP contribution in [0.4, 0.5) is 0 Å². The fraction of sp³-hybridized carbons (Fsp3) is 0.552. The summed E-state index contributed by atoms with van der Waals surface area (Å²) >= 11 is 0. The van der Waals surface area contributed by atoms with Gasteiger partial charge in [-0.3, -0.25) is 4.79 Å². The first-order valence-electron chi connectivity index (χ1n) is 13.8. The number of hydrogen-bond donors (Lipinski definition) is 3. The van der Waals surface area contributed by atoms with E-state index in [1.807, 2.05) is 0 Å². The second kappa shape index (κ2) is 10.4. The van der Waals surface area contributed by atoms with Gasteiger partial charge in [0, 0.05) is 11.8 Å². The molecule has 3 unspecified atom stereocenters. The summed E-state index contributed by atoms with van der Waals surface area (Å²) in [5.41, 5.74) is 2.01. The first-order valence-corrected chi connectivity index (χ1v) is 13.8. The van der Waals surface area contributed by atoms with Gasteiger partial charge in [-0.1, -0.05) is 0 Å². The van der Waals surface area contributed by atoms with E-state index < -0.39 is 66.8 Å². The Bertz CT molecular complexity index is 1350. The lowest BCUT2D eigenvalue weighted by molar-refractivity contribution is -0.364. The predicted octanol–water partition coefficient (Wildman–Crippen LogP) is 1.34. The first-order chi connectivity index (χ1) is 20.3. The maximum atomic E-state index is 13.4. The summed E-state index contributed by atoms with van der Waals surface area (Å²) in [7, 11) is 2.86. The molecule has 226 valence electrons. The number of aliphatic hydroxyl groups is 2. The van der Waals surface area contributed by atoms with Crippen LogP contribution in [-0.2, 0) is 28.5 Å². The molecule has 3 fully saturated rings. The smallest absolute Gasteiger partial charge is 0.310 e. The molecule has 0 spiro atoms.